The van der Waals surface area contributed by atoms with Gasteiger partial charge in [-0.15, -0.1) is 0 Å². The minimum atomic E-state index is -2.79. The van der Waals surface area contributed by atoms with Crippen molar-refractivity contribution in [2.24, 2.45) is 5.73 Å². The average molecular weight is 447 g/mol. The van der Waals surface area contributed by atoms with Crippen molar-refractivity contribution in [2.75, 3.05) is 26.3 Å². The Morgan fingerprint density at radius 1 is 1.21 bits per heavy atom. The zero-order chi connectivity index (χ0) is 21.0. The van der Waals surface area contributed by atoms with E-state index in [9.17, 15) is 13.6 Å². The molecule has 0 bridgehead atoms. The van der Waals surface area contributed by atoms with Crippen molar-refractivity contribution in [3.8, 4) is 0 Å². The molecular weight excluding hydrogens is 429 g/mol. The third-order valence-electron chi connectivity index (χ3n) is 4.39. The molecule has 0 aliphatic carbocycles. The van der Waals surface area contributed by atoms with Gasteiger partial charge in [0.05, 0.1) is 34.9 Å². The third-order valence-corrected chi connectivity index (χ3v) is 5.21. The monoisotopic (exact) mass is 446 g/mol. The maximum Gasteiger partial charge on any atom is 0.341 e. The number of hydrogen-bond acceptors (Lipinski definition) is 7. The molecule has 1 fully saturated rings. The van der Waals surface area contributed by atoms with Crippen LogP contribution in [-0.4, -0.2) is 53.4 Å². The summed E-state index contributed by atoms with van der Waals surface area (Å²) < 4.78 is 36.3. The molecule has 2 atom stereocenters. The summed E-state index contributed by atoms with van der Waals surface area (Å²) in [4.78, 5) is 21.9. The highest BCUT2D eigenvalue weighted by atomic mass is 35.5. The van der Waals surface area contributed by atoms with E-state index in [2.05, 4.69) is 9.97 Å². The lowest BCUT2D eigenvalue weighted by molar-refractivity contribution is -0.0348. The fourth-order valence-electron chi connectivity index (χ4n) is 2.99. The number of rotatable bonds is 6. The SMILES string of the molecule is NC(OC(=O)c1cccc(Cl)c1Cl)C(c1cnc(C(F)F)nc1)N1CCOCC1. The Balaban J connectivity index is 1.84. The molecular formula is C18H18Cl2F2N4O3. The Kier molecular flexibility index (Phi) is 7.31. The summed E-state index contributed by atoms with van der Waals surface area (Å²) in [6, 6.07) is 3.91. The molecule has 2 aromatic rings. The predicted molar refractivity (Wildman–Crippen MR) is 102 cm³/mol. The number of carbonyl (C=O) groups is 1. The lowest BCUT2D eigenvalue weighted by Crippen LogP contribution is -2.48. The first-order chi connectivity index (χ1) is 13.9. The van der Waals surface area contributed by atoms with Gasteiger partial charge in [0.15, 0.2) is 12.1 Å². The number of halogens is 4. The Morgan fingerprint density at radius 2 is 1.86 bits per heavy atom. The molecule has 1 aliphatic heterocycles. The topological polar surface area (TPSA) is 90.6 Å². The Bertz CT molecular complexity index is 851. The number of carbonyl (C=O) groups excluding carboxylic acids is 1. The lowest BCUT2D eigenvalue weighted by Gasteiger charge is -2.37. The van der Waals surface area contributed by atoms with Gasteiger partial charge in [-0.2, -0.15) is 0 Å². The second-order valence-electron chi connectivity index (χ2n) is 6.24. The molecule has 2 N–H and O–H groups in total. The van der Waals surface area contributed by atoms with Crippen molar-refractivity contribution in [1.82, 2.24) is 14.9 Å². The van der Waals surface area contributed by atoms with E-state index in [-0.39, 0.29) is 15.6 Å². The van der Waals surface area contributed by atoms with E-state index in [0.29, 0.717) is 31.9 Å². The average Bonchev–Trinajstić information content (AvgIpc) is 2.71. The van der Waals surface area contributed by atoms with Gasteiger partial charge in [-0.25, -0.2) is 23.5 Å². The first-order valence-electron chi connectivity index (χ1n) is 8.71. The van der Waals surface area contributed by atoms with Gasteiger partial charge < -0.3 is 9.47 Å². The standard InChI is InChI=1S/C18H18Cl2F2N4O3/c19-12-3-1-2-11(13(12)20)18(27)29-16(23)14(26-4-6-28-7-5-26)10-8-24-17(15(21)22)25-9-10/h1-3,8-9,14-16H,4-7,23H2. The maximum absolute atomic E-state index is 12.8. The molecule has 29 heavy (non-hydrogen) atoms. The molecule has 0 radical (unpaired) electrons. The minimum Gasteiger partial charge on any atom is -0.441 e. The number of nitrogens with two attached hydrogens (primary N) is 1. The highest BCUT2D eigenvalue weighted by Crippen LogP contribution is 2.29. The van der Waals surface area contributed by atoms with Gasteiger partial charge in [-0.3, -0.25) is 10.6 Å². The zero-order valence-electron chi connectivity index (χ0n) is 15.1. The normalized spacial score (nSPS) is 17.2. The van der Waals surface area contributed by atoms with Crippen LogP contribution in [0.2, 0.25) is 10.0 Å². The van der Waals surface area contributed by atoms with Crippen LogP contribution in [0.4, 0.5) is 8.78 Å². The molecule has 0 spiro atoms. The molecule has 1 aromatic carbocycles. The molecule has 0 amide bonds. The molecule has 3 rings (SSSR count). The smallest absolute Gasteiger partial charge is 0.341 e. The number of hydrogen-bond donors (Lipinski definition) is 1. The van der Waals surface area contributed by atoms with E-state index in [1.807, 2.05) is 4.90 Å². The van der Waals surface area contributed by atoms with Crippen LogP contribution < -0.4 is 5.73 Å². The van der Waals surface area contributed by atoms with Gasteiger partial charge in [0, 0.05) is 31.0 Å². The summed E-state index contributed by atoms with van der Waals surface area (Å²) in [5.41, 5.74) is 6.71. The van der Waals surface area contributed by atoms with Gasteiger partial charge in [0.25, 0.3) is 6.43 Å². The summed E-state index contributed by atoms with van der Waals surface area (Å²) in [5.74, 6) is -1.35. The van der Waals surface area contributed by atoms with E-state index < -0.39 is 30.5 Å². The van der Waals surface area contributed by atoms with E-state index in [1.165, 1.54) is 18.5 Å². The third kappa shape index (κ3) is 5.18. The fraction of sp³-hybridized carbons (Fsp3) is 0.389. The Hall–Kier alpha value is -1.91. The molecule has 11 heteroatoms. The lowest BCUT2D eigenvalue weighted by atomic mass is 10.1. The van der Waals surface area contributed by atoms with Gasteiger partial charge in [-0.1, -0.05) is 29.3 Å². The zero-order valence-corrected chi connectivity index (χ0v) is 16.6. The first-order valence-corrected chi connectivity index (χ1v) is 9.46. The van der Waals surface area contributed by atoms with Crippen molar-refractivity contribution in [2.45, 2.75) is 18.7 Å². The molecule has 1 aliphatic rings. The van der Waals surface area contributed by atoms with E-state index in [4.69, 9.17) is 38.4 Å². The Labute approximate surface area is 175 Å². The van der Waals surface area contributed by atoms with E-state index in [1.54, 1.807) is 12.1 Å². The van der Waals surface area contributed by atoms with Crippen LogP contribution >= 0.6 is 23.2 Å². The number of morpholine rings is 1. The number of nitrogens with zero attached hydrogens (tertiary/aromatic N) is 3. The summed E-state index contributed by atoms with van der Waals surface area (Å²) in [6.45, 7) is 1.91. The number of alkyl halides is 2. The first kappa shape index (κ1) is 21.8. The van der Waals surface area contributed by atoms with Gasteiger partial charge in [-0.05, 0) is 12.1 Å². The highest BCUT2D eigenvalue weighted by molar-refractivity contribution is 6.43. The predicted octanol–water partition coefficient (Wildman–Crippen LogP) is 3.24. The molecule has 1 aromatic heterocycles. The van der Waals surface area contributed by atoms with Crippen molar-refractivity contribution >= 4 is 29.2 Å². The second kappa shape index (κ2) is 9.73. The maximum atomic E-state index is 12.8. The van der Waals surface area contributed by atoms with Gasteiger partial charge in [0.2, 0.25) is 0 Å². The van der Waals surface area contributed by atoms with E-state index in [0.717, 1.165) is 0 Å². The minimum absolute atomic E-state index is 0.0545. The van der Waals surface area contributed by atoms with Crippen LogP contribution in [0.1, 0.15) is 34.2 Å². The molecule has 7 nitrogen and oxygen atoms in total. The Morgan fingerprint density at radius 3 is 2.48 bits per heavy atom. The molecule has 2 unspecified atom stereocenters. The summed E-state index contributed by atoms with van der Waals surface area (Å²) in [7, 11) is 0. The fourth-order valence-corrected chi connectivity index (χ4v) is 3.37. The quantitative estimate of drug-likeness (QED) is 0.537. The van der Waals surface area contributed by atoms with Gasteiger partial charge >= 0.3 is 5.97 Å². The number of ether oxygens (including phenoxy) is 2. The number of aromatic nitrogens is 2. The van der Waals surface area contributed by atoms with Crippen LogP contribution in [-0.2, 0) is 9.47 Å². The van der Waals surface area contributed by atoms with Gasteiger partial charge in [0.1, 0.15) is 0 Å². The second-order valence-corrected chi connectivity index (χ2v) is 7.02. The summed E-state index contributed by atoms with van der Waals surface area (Å²) in [5, 5.41) is 0.259. The summed E-state index contributed by atoms with van der Waals surface area (Å²) >= 11 is 12.0. The molecule has 0 saturated carbocycles. The molecule has 1 saturated heterocycles. The van der Waals surface area contributed by atoms with Crippen LogP contribution in [0.15, 0.2) is 30.6 Å². The van der Waals surface area contributed by atoms with E-state index >= 15 is 0 Å². The molecule has 2 heterocycles. The van der Waals surface area contributed by atoms with Crippen molar-refractivity contribution in [3.05, 3.63) is 57.6 Å². The number of benzene rings is 1. The molecule has 156 valence electrons. The number of esters is 1. The van der Waals surface area contributed by atoms with Crippen molar-refractivity contribution in [3.63, 3.8) is 0 Å². The van der Waals surface area contributed by atoms with Crippen molar-refractivity contribution < 1.29 is 23.0 Å². The highest BCUT2D eigenvalue weighted by Gasteiger charge is 2.32. The van der Waals surface area contributed by atoms with Crippen LogP contribution in [0.3, 0.4) is 0 Å². The van der Waals surface area contributed by atoms with Crippen LogP contribution in [0, 0.1) is 0 Å². The largest absolute Gasteiger partial charge is 0.441 e. The van der Waals surface area contributed by atoms with Crippen LogP contribution in [0.25, 0.3) is 0 Å². The van der Waals surface area contributed by atoms with Crippen molar-refractivity contribution in [1.29, 1.82) is 0 Å². The van der Waals surface area contributed by atoms with Crippen LogP contribution in [0.5, 0.6) is 0 Å². The summed E-state index contributed by atoms with van der Waals surface area (Å²) in [6.07, 6.45) is -1.41.